The van der Waals surface area contributed by atoms with E-state index < -0.39 is 0 Å². The molecule has 0 saturated heterocycles. The van der Waals surface area contributed by atoms with Gasteiger partial charge in [0.25, 0.3) is 0 Å². The molecule has 3 heterocycles. The van der Waals surface area contributed by atoms with Gasteiger partial charge in [-0.15, -0.1) is 0 Å². The van der Waals surface area contributed by atoms with Crippen LogP contribution in [0.1, 0.15) is 52.8 Å². The maximum Gasteiger partial charge on any atom is 0.160 e. The molecule has 3 heteroatoms. The van der Waals surface area contributed by atoms with E-state index in [1.54, 1.807) is 6.26 Å². The smallest absolute Gasteiger partial charge is 0.160 e. The van der Waals surface area contributed by atoms with Gasteiger partial charge in [0.2, 0.25) is 0 Å². The lowest BCUT2D eigenvalue weighted by Gasteiger charge is -2.20. The van der Waals surface area contributed by atoms with Crippen LogP contribution in [0.2, 0.25) is 0 Å². The summed E-state index contributed by atoms with van der Waals surface area (Å²) in [4.78, 5) is 9.99. The lowest BCUT2D eigenvalue weighted by molar-refractivity contribution is 0.570. The summed E-state index contributed by atoms with van der Waals surface area (Å²) in [6.07, 6.45) is 3.62. The monoisotopic (exact) mass is 484 g/mol. The van der Waals surface area contributed by atoms with E-state index in [-0.39, 0.29) is 10.8 Å². The molecule has 0 fully saturated rings. The van der Waals surface area contributed by atoms with E-state index in [0.717, 1.165) is 50.0 Å². The predicted octanol–water partition coefficient (Wildman–Crippen LogP) is 9.46. The van der Waals surface area contributed by atoms with Crippen LogP contribution in [0.15, 0.2) is 89.7 Å². The van der Waals surface area contributed by atoms with Crippen LogP contribution in [-0.2, 0) is 10.8 Å². The van der Waals surface area contributed by atoms with Crippen LogP contribution in [-0.4, -0.2) is 9.97 Å². The molecule has 0 unspecified atom stereocenters. The zero-order valence-corrected chi connectivity index (χ0v) is 22.4. The van der Waals surface area contributed by atoms with Crippen molar-refractivity contribution < 1.29 is 4.42 Å². The first kappa shape index (κ1) is 23.4. The van der Waals surface area contributed by atoms with Crippen molar-refractivity contribution in [2.45, 2.75) is 52.4 Å². The molecule has 6 rings (SSSR count). The zero-order chi connectivity index (χ0) is 25.9. The number of rotatable bonds is 2. The van der Waals surface area contributed by atoms with Crippen molar-refractivity contribution >= 4 is 32.6 Å². The first-order chi connectivity index (χ1) is 17.6. The summed E-state index contributed by atoms with van der Waals surface area (Å²) in [5.41, 5.74) is 8.43. The molecule has 0 atom stereocenters. The van der Waals surface area contributed by atoms with Crippen molar-refractivity contribution in [3.05, 3.63) is 96.5 Å². The van der Waals surface area contributed by atoms with Crippen molar-refractivity contribution in [2.75, 3.05) is 0 Å². The molecule has 3 aromatic carbocycles. The Kier molecular flexibility index (Phi) is 5.24. The molecular weight excluding hydrogens is 452 g/mol. The van der Waals surface area contributed by atoms with E-state index in [2.05, 4.69) is 102 Å². The van der Waals surface area contributed by atoms with E-state index >= 15 is 0 Å². The van der Waals surface area contributed by atoms with E-state index in [0.29, 0.717) is 0 Å². The number of hydrogen-bond donors (Lipinski definition) is 0. The molecule has 0 bridgehead atoms. The molecular formula is C34H32N2O. The molecule has 3 nitrogen and oxygen atoms in total. The van der Waals surface area contributed by atoms with Crippen LogP contribution in [0.3, 0.4) is 0 Å². The molecule has 0 spiro atoms. The Balaban J connectivity index is 1.56. The Bertz CT molecular complexity index is 1800. The third kappa shape index (κ3) is 4.09. The van der Waals surface area contributed by atoms with Gasteiger partial charge in [-0.3, -0.25) is 4.98 Å². The largest absolute Gasteiger partial charge is 0.462 e. The molecule has 37 heavy (non-hydrogen) atoms. The Hall–Kier alpha value is -3.98. The fraction of sp³-hybridized carbons (Fsp3) is 0.235. The third-order valence-electron chi connectivity index (χ3n) is 7.24. The minimum Gasteiger partial charge on any atom is -0.462 e. The van der Waals surface area contributed by atoms with Gasteiger partial charge in [0.15, 0.2) is 5.58 Å². The molecule has 0 N–H and O–H groups in total. The van der Waals surface area contributed by atoms with Crippen LogP contribution < -0.4 is 0 Å². The maximum absolute atomic E-state index is 5.90. The van der Waals surface area contributed by atoms with Gasteiger partial charge in [0.1, 0.15) is 5.52 Å². The van der Waals surface area contributed by atoms with E-state index in [1.165, 1.54) is 16.3 Å². The average molecular weight is 485 g/mol. The second-order valence-corrected chi connectivity index (χ2v) is 12.0. The molecule has 6 aromatic rings. The van der Waals surface area contributed by atoms with Crippen LogP contribution in [0.5, 0.6) is 0 Å². The number of aromatic nitrogens is 2. The van der Waals surface area contributed by atoms with Gasteiger partial charge >= 0.3 is 0 Å². The Morgan fingerprint density at radius 3 is 2.24 bits per heavy atom. The van der Waals surface area contributed by atoms with Gasteiger partial charge in [-0.1, -0.05) is 84.0 Å². The van der Waals surface area contributed by atoms with Crippen LogP contribution in [0.4, 0.5) is 0 Å². The number of pyridine rings is 2. The quantitative estimate of drug-likeness (QED) is 0.246. The van der Waals surface area contributed by atoms with E-state index in [4.69, 9.17) is 14.4 Å². The predicted molar refractivity (Wildman–Crippen MR) is 155 cm³/mol. The van der Waals surface area contributed by atoms with Crippen LogP contribution in [0, 0.1) is 0 Å². The maximum atomic E-state index is 5.90. The molecule has 184 valence electrons. The van der Waals surface area contributed by atoms with Gasteiger partial charge in [-0.05, 0) is 57.6 Å². The standard InChI is InChI=1S/C34H32N2O/c1-33(2,3)25-12-11-21-18-23(10-9-22(21)19-25)26-8-7-16-35-30(26)28-20-24-15-17-37-32(24)31-27(28)13-14-29(36-31)34(4,5)6/h7-20H,1-6H3. The van der Waals surface area contributed by atoms with Crippen molar-refractivity contribution in [2.24, 2.45) is 0 Å². The van der Waals surface area contributed by atoms with Crippen molar-refractivity contribution in [3.8, 4) is 22.4 Å². The lowest BCUT2D eigenvalue weighted by atomic mass is 9.85. The van der Waals surface area contributed by atoms with Gasteiger partial charge in [0.05, 0.1) is 12.0 Å². The Morgan fingerprint density at radius 2 is 1.46 bits per heavy atom. The normalized spacial score (nSPS) is 12.6. The highest BCUT2D eigenvalue weighted by Crippen LogP contribution is 2.40. The minimum absolute atomic E-state index is 0.0583. The summed E-state index contributed by atoms with van der Waals surface area (Å²) in [5.74, 6) is 0. The SMILES string of the molecule is CC(C)(C)c1ccc2cc(-c3cccnc3-c3cc4ccoc4c4nc(C(C)(C)C)ccc34)ccc2c1. The highest BCUT2D eigenvalue weighted by molar-refractivity contribution is 6.10. The van der Waals surface area contributed by atoms with Crippen molar-refractivity contribution in [1.82, 2.24) is 9.97 Å². The molecule has 0 aliphatic heterocycles. The van der Waals surface area contributed by atoms with E-state index in [1.807, 2.05) is 18.3 Å². The van der Waals surface area contributed by atoms with Crippen molar-refractivity contribution in [3.63, 3.8) is 0 Å². The molecule has 0 aliphatic carbocycles. The second kappa shape index (κ2) is 8.27. The fourth-order valence-electron chi connectivity index (χ4n) is 5.05. The number of fused-ring (bicyclic) bond motifs is 4. The first-order valence-corrected chi connectivity index (χ1v) is 12.9. The molecule has 0 radical (unpaired) electrons. The number of hydrogen-bond acceptors (Lipinski definition) is 3. The fourth-order valence-corrected chi connectivity index (χ4v) is 5.05. The summed E-state index contributed by atoms with van der Waals surface area (Å²) in [5, 5.41) is 4.56. The summed E-state index contributed by atoms with van der Waals surface area (Å²) in [6, 6.07) is 26.2. The highest BCUT2D eigenvalue weighted by atomic mass is 16.3. The van der Waals surface area contributed by atoms with Crippen LogP contribution >= 0.6 is 0 Å². The Morgan fingerprint density at radius 1 is 0.676 bits per heavy atom. The second-order valence-electron chi connectivity index (χ2n) is 12.0. The number of furan rings is 1. The molecule has 0 saturated carbocycles. The Labute approximate surface area is 218 Å². The minimum atomic E-state index is -0.0583. The van der Waals surface area contributed by atoms with Gasteiger partial charge in [0, 0.05) is 39.2 Å². The van der Waals surface area contributed by atoms with Gasteiger partial charge < -0.3 is 4.42 Å². The van der Waals surface area contributed by atoms with Gasteiger partial charge in [-0.2, -0.15) is 0 Å². The molecule has 3 aromatic heterocycles. The summed E-state index contributed by atoms with van der Waals surface area (Å²) < 4.78 is 5.90. The number of nitrogens with zero attached hydrogens (tertiary/aromatic N) is 2. The first-order valence-electron chi connectivity index (χ1n) is 12.9. The topological polar surface area (TPSA) is 38.9 Å². The summed E-state index contributed by atoms with van der Waals surface area (Å²) in [7, 11) is 0. The molecule has 0 aliphatic rings. The number of benzene rings is 3. The third-order valence-corrected chi connectivity index (χ3v) is 7.24. The average Bonchev–Trinajstić information content (AvgIpc) is 3.35. The zero-order valence-electron chi connectivity index (χ0n) is 22.4. The van der Waals surface area contributed by atoms with Crippen LogP contribution in [0.25, 0.3) is 55.0 Å². The van der Waals surface area contributed by atoms with E-state index in [9.17, 15) is 0 Å². The van der Waals surface area contributed by atoms with Crippen molar-refractivity contribution in [1.29, 1.82) is 0 Å². The molecule has 0 amide bonds. The lowest BCUT2D eigenvalue weighted by Crippen LogP contribution is -2.13. The summed E-state index contributed by atoms with van der Waals surface area (Å²) >= 11 is 0. The van der Waals surface area contributed by atoms with Gasteiger partial charge in [-0.25, -0.2) is 4.98 Å². The highest BCUT2D eigenvalue weighted by Gasteiger charge is 2.21. The summed E-state index contributed by atoms with van der Waals surface area (Å²) in [6.45, 7) is 13.3.